The lowest BCUT2D eigenvalue weighted by Gasteiger charge is -2.19. The molecule has 14 heavy (non-hydrogen) atoms. The quantitative estimate of drug-likeness (QED) is 0.741. The second-order valence-corrected chi connectivity index (χ2v) is 4.49. The van der Waals surface area contributed by atoms with Gasteiger partial charge in [0, 0.05) is 19.1 Å². The highest BCUT2D eigenvalue weighted by Crippen LogP contribution is 2.20. The van der Waals surface area contributed by atoms with Crippen LogP contribution in [0.15, 0.2) is 0 Å². The molecule has 82 valence electrons. The molecule has 1 rings (SSSR count). The van der Waals surface area contributed by atoms with E-state index in [1.165, 1.54) is 19.3 Å². The van der Waals surface area contributed by atoms with Gasteiger partial charge in [-0.3, -0.25) is 0 Å². The van der Waals surface area contributed by atoms with Crippen molar-refractivity contribution in [2.45, 2.75) is 46.1 Å². The van der Waals surface area contributed by atoms with Gasteiger partial charge in [-0.25, -0.2) is 4.79 Å². The van der Waals surface area contributed by atoms with Crippen LogP contribution in [-0.4, -0.2) is 30.1 Å². The molecule has 0 aromatic rings. The maximum Gasteiger partial charge on any atom is 0.317 e. The molecule has 0 radical (unpaired) electrons. The molecule has 0 aromatic heterocycles. The zero-order chi connectivity index (χ0) is 10.6. The van der Waals surface area contributed by atoms with Crippen molar-refractivity contribution in [3.63, 3.8) is 0 Å². The lowest BCUT2D eigenvalue weighted by molar-refractivity contribution is 0.204. The average Bonchev–Trinajstić information content (AvgIpc) is 2.52. The number of carbonyl (C=O) groups excluding carboxylic acids is 1. The Labute approximate surface area is 86.9 Å². The van der Waals surface area contributed by atoms with Gasteiger partial charge in [-0.2, -0.15) is 0 Å². The Morgan fingerprint density at radius 1 is 1.57 bits per heavy atom. The van der Waals surface area contributed by atoms with Crippen molar-refractivity contribution in [3.8, 4) is 0 Å². The molecule has 1 N–H and O–H groups in total. The maximum atomic E-state index is 11.6. The highest BCUT2D eigenvalue weighted by atomic mass is 16.2. The molecule has 1 aliphatic heterocycles. The summed E-state index contributed by atoms with van der Waals surface area (Å²) in [5, 5.41) is 2.93. The number of likely N-dealkylation sites (tertiary alicyclic amines) is 1. The first kappa shape index (κ1) is 11.3. The van der Waals surface area contributed by atoms with E-state index < -0.39 is 0 Å². The monoisotopic (exact) mass is 198 g/mol. The first-order valence-corrected chi connectivity index (χ1v) is 5.69. The molecular weight excluding hydrogens is 176 g/mol. The molecule has 0 aliphatic carbocycles. The van der Waals surface area contributed by atoms with E-state index in [1.807, 2.05) is 18.7 Å². The molecule has 1 unspecified atom stereocenters. The van der Waals surface area contributed by atoms with E-state index in [9.17, 15) is 4.79 Å². The molecule has 0 spiro atoms. The number of carbonyl (C=O) groups is 1. The average molecular weight is 198 g/mol. The SMILES string of the molecule is CCCC1CCN(C(=O)NC(C)C)C1. The molecule has 2 amide bonds. The summed E-state index contributed by atoms with van der Waals surface area (Å²) in [5.74, 6) is 0.734. The van der Waals surface area contributed by atoms with Crippen molar-refractivity contribution in [1.29, 1.82) is 0 Å². The number of amides is 2. The fourth-order valence-electron chi connectivity index (χ4n) is 2.00. The zero-order valence-electron chi connectivity index (χ0n) is 9.55. The predicted octanol–water partition coefficient (Wildman–Crippen LogP) is 2.23. The molecule has 0 saturated carbocycles. The minimum absolute atomic E-state index is 0.110. The van der Waals surface area contributed by atoms with Gasteiger partial charge < -0.3 is 10.2 Å². The topological polar surface area (TPSA) is 32.3 Å². The van der Waals surface area contributed by atoms with Gasteiger partial charge in [-0.05, 0) is 32.6 Å². The van der Waals surface area contributed by atoms with Crippen LogP contribution in [0.2, 0.25) is 0 Å². The third-order valence-electron chi connectivity index (χ3n) is 2.68. The number of rotatable bonds is 3. The molecule has 3 heteroatoms. The number of hydrogen-bond acceptors (Lipinski definition) is 1. The van der Waals surface area contributed by atoms with Crippen LogP contribution in [0.4, 0.5) is 4.79 Å². The van der Waals surface area contributed by atoms with Crippen molar-refractivity contribution < 1.29 is 4.79 Å². The van der Waals surface area contributed by atoms with Gasteiger partial charge in [0.15, 0.2) is 0 Å². The summed E-state index contributed by atoms with van der Waals surface area (Å²) >= 11 is 0. The first-order valence-electron chi connectivity index (χ1n) is 5.69. The molecule has 3 nitrogen and oxygen atoms in total. The molecule has 1 heterocycles. The van der Waals surface area contributed by atoms with Crippen LogP contribution in [0, 0.1) is 5.92 Å². The summed E-state index contributed by atoms with van der Waals surface area (Å²) in [6, 6.07) is 0.353. The van der Waals surface area contributed by atoms with Gasteiger partial charge in [0.05, 0.1) is 0 Å². The third-order valence-corrected chi connectivity index (χ3v) is 2.68. The molecule has 0 bridgehead atoms. The van der Waals surface area contributed by atoms with E-state index in [0.29, 0.717) is 0 Å². The minimum Gasteiger partial charge on any atom is -0.336 e. The second-order valence-electron chi connectivity index (χ2n) is 4.49. The van der Waals surface area contributed by atoms with Crippen LogP contribution in [0.1, 0.15) is 40.0 Å². The van der Waals surface area contributed by atoms with Crippen LogP contribution in [-0.2, 0) is 0 Å². The lowest BCUT2D eigenvalue weighted by Crippen LogP contribution is -2.41. The van der Waals surface area contributed by atoms with Crippen molar-refractivity contribution in [2.24, 2.45) is 5.92 Å². The standard InChI is InChI=1S/C11H22N2O/c1-4-5-10-6-7-13(8-10)11(14)12-9(2)3/h9-10H,4-8H2,1-3H3,(H,12,14). The Bertz CT molecular complexity index is 192. The lowest BCUT2D eigenvalue weighted by atomic mass is 10.0. The van der Waals surface area contributed by atoms with Crippen molar-refractivity contribution in [1.82, 2.24) is 10.2 Å². The van der Waals surface area contributed by atoms with Gasteiger partial charge in [-0.15, -0.1) is 0 Å². The van der Waals surface area contributed by atoms with Gasteiger partial charge >= 0.3 is 6.03 Å². The van der Waals surface area contributed by atoms with E-state index in [-0.39, 0.29) is 12.1 Å². The predicted molar refractivity (Wildman–Crippen MR) is 58.3 cm³/mol. The van der Waals surface area contributed by atoms with Crippen molar-refractivity contribution in [3.05, 3.63) is 0 Å². The number of urea groups is 1. The fraction of sp³-hybridized carbons (Fsp3) is 0.909. The molecule has 1 saturated heterocycles. The Morgan fingerprint density at radius 2 is 2.29 bits per heavy atom. The van der Waals surface area contributed by atoms with Crippen molar-refractivity contribution in [2.75, 3.05) is 13.1 Å². The summed E-state index contributed by atoms with van der Waals surface area (Å²) in [4.78, 5) is 13.6. The first-order chi connectivity index (χ1) is 6.63. The molecule has 1 fully saturated rings. The van der Waals surface area contributed by atoms with Crippen LogP contribution >= 0.6 is 0 Å². The smallest absolute Gasteiger partial charge is 0.317 e. The largest absolute Gasteiger partial charge is 0.336 e. The minimum atomic E-state index is 0.110. The van der Waals surface area contributed by atoms with Gasteiger partial charge in [0.2, 0.25) is 0 Å². The Balaban J connectivity index is 2.30. The van der Waals surface area contributed by atoms with Crippen LogP contribution < -0.4 is 5.32 Å². The maximum absolute atomic E-state index is 11.6. The summed E-state index contributed by atoms with van der Waals surface area (Å²) < 4.78 is 0. The van der Waals surface area contributed by atoms with Crippen LogP contribution in [0.3, 0.4) is 0 Å². The van der Waals surface area contributed by atoms with Gasteiger partial charge in [0.1, 0.15) is 0 Å². The van der Waals surface area contributed by atoms with Crippen LogP contribution in [0.25, 0.3) is 0 Å². The Kier molecular flexibility index (Phi) is 4.23. The summed E-state index contributed by atoms with van der Waals surface area (Å²) in [6.45, 7) is 8.08. The van der Waals surface area contributed by atoms with E-state index in [0.717, 1.165) is 19.0 Å². The Hall–Kier alpha value is -0.730. The van der Waals surface area contributed by atoms with Crippen LogP contribution in [0.5, 0.6) is 0 Å². The third kappa shape index (κ3) is 3.20. The Morgan fingerprint density at radius 3 is 2.86 bits per heavy atom. The highest BCUT2D eigenvalue weighted by molar-refractivity contribution is 5.74. The van der Waals surface area contributed by atoms with E-state index in [2.05, 4.69) is 12.2 Å². The normalized spacial score (nSPS) is 21.7. The fourth-order valence-corrected chi connectivity index (χ4v) is 2.00. The number of nitrogens with zero attached hydrogens (tertiary/aromatic N) is 1. The zero-order valence-corrected chi connectivity index (χ0v) is 9.55. The number of hydrogen-bond donors (Lipinski definition) is 1. The van der Waals surface area contributed by atoms with E-state index in [1.54, 1.807) is 0 Å². The highest BCUT2D eigenvalue weighted by Gasteiger charge is 2.25. The van der Waals surface area contributed by atoms with E-state index >= 15 is 0 Å². The molecular formula is C11H22N2O. The molecule has 1 atom stereocenters. The molecule has 1 aliphatic rings. The number of nitrogens with one attached hydrogen (secondary N) is 1. The van der Waals surface area contributed by atoms with Gasteiger partial charge in [-0.1, -0.05) is 13.3 Å². The summed E-state index contributed by atoms with van der Waals surface area (Å²) in [7, 11) is 0. The van der Waals surface area contributed by atoms with Crippen molar-refractivity contribution >= 4 is 6.03 Å². The molecule has 0 aromatic carbocycles. The van der Waals surface area contributed by atoms with Gasteiger partial charge in [0.25, 0.3) is 0 Å². The van der Waals surface area contributed by atoms with E-state index in [4.69, 9.17) is 0 Å². The summed E-state index contributed by atoms with van der Waals surface area (Å²) in [6.07, 6.45) is 3.66. The second kappa shape index (κ2) is 5.23. The summed E-state index contributed by atoms with van der Waals surface area (Å²) in [5.41, 5.74) is 0.